The van der Waals surface area contributed by atoms with Crippen LogP contribution in [0.2, 0.25) is 0 Å². The van der Waals surface area contributed by atoms with E-state index in [0.29, 0.717) is 12.2 Å². The molecule has 0 spiro atoms. The molecule has 86 valence electrons. The van der Waals surface area contributed by atoms with Crippen LogP contribution in [0.5, 0.6) is 0 Å². The number of carbonyl (C=O) groups is 1. The van der Waals surface area contributed by atoms with Gasteiger partial charge in [-0.3, -0.25) is 14.7 Å². The highest BCUT2D eigenvalue weighted by molar-refractivity contribution is 5.95. The summed E-state index contributed by atoms with van der Waals surface area (Å²) in [6.07, 6.45) is 3.79. The summed E-state index contributed by atoms with van der Waals surface area (Å²) in [5, 5.41) is 0. The molecule has 1 fully saturated rings. The largest absolute Gasteiger partial charge is 0.327 e. The van der Waals surface area contributed by atoms with Gasteiger partial charge in [0.1, 0.15) is 5.69 Å². The van der Waals surface area contributed by atoms with Crippen molar-refractivity contribution in [1.29, 1.82) is 0 Å². The predicted octanol–water partition coefficient (Wildman–Crippen LogP) is 0.687. The van der Waals surface area contributed by atoms with Gasteiger partial charge in [-0.2, -0.15) is 0 Å². The zero-order valence-electron chi connectivity index (χ0n) is 9.30. The van der Waals surface area contributed by atoms with Crippen LogP contribution >= 0.6 is 0 Å². The number of ketones is 1. The Morgan fingerprint density at radius 3 is 3.12 bits per heavy atom. The zero-order chi connectivity index (χ0) is 11.4. The molecule has 4 heteroatoms. The number of hydrogen-bond donors (Lipinski definition) is 1. The molecule has 0 amide bonds. The fraction of sp³-hybridized carbons (Fsp3) is 0.500. The normalized spacial score (nSPS) is 21.9. The number of piperidine rings is 1. The first-order valence-corrected chi connectivity index (χ1v) is 5.68. The molecule has 0 aromatic carbocycles. The number of aromatic nitrogens is 1. The Morgan fingerprint density at radius 1 is 1.56 bits per heavy atom. The quantitative estimate of drug-likeness (QED) is 0.760. The molecule has 1 aromatic heterocycles. The lowest BCUT2D eigenvalue weighted by Crippen LogP contribution is -2.44. The number of carbonyl (C=O) groups excluding carboxylic acids is 1. The van der Waals surface area contributed by atoms with E-state index in [-0.39, 0.29) is 11.8 Å². The van der Waals surface area contributed by atoms with E-state index in [1.165, 1.54) is 0 Å². The van der Waals surface area contributed by atoms with Gasteiger partial charge in [-0.1, -0.05) is 6.07 Å². The van der Waals surface area contributed by atoms with Crippen LogP contribution in [0.25, 0.3) is 0 Å². The van der Waals surface area contributed by atoms with Crippen molar-refractivity contribution in [3.8, 4) is 0 Å². The Kier molecular flexibility index (Phi) is 3.64. The Balaban J connectivity index is 1.92. The van der Waals surface area contributed by atoms with Crippen LogP contribution in [-0.2, 0) is 0 Å². The maximum absolute atomic E-state index is 11.9. The molecule has 1 aromatic rings. The number of nitrogens with zero attached hydrogens (tertiary/aromatic N) is 2. The van der Waals surface area contributed by atoms with Gasteiger partial charge in [0.15, 0.2) is 5.78 Å². The van der Waals surface area contributed by atoms with E-state index in [4.69, 9.17) is 5.73 Å². The van der Waals surface area contributed by atoms with Crippen molar-refractivity contribution in [2.75, 3.05) is 19.6 Å². The number of likely N-dealkylation sites (tertiary alicyclic amines) is 1. The maximum atomic E-state index is 11.9. The van der Waals surface area contributed by atoms with Crippen LogP contribution in [0.4, 0.5) is 0 Å². The summed E-state index contributed by atoms with van der Waals surface area (Å²) in [6.45, 7) is 2.22. The number of Topliss-reactive ketones (excluding diaryl/α,β-unsaturated/α-hetero) is 1. The first kappa shape index (κ1) is 11.2. The van der Waals surface area contributed by atoms with E-state index >= 15 is 0 Å². The summed E-state index contributed by atoms with van der Waals surface area (Å²) in [5.74, 6) is 0.0784. The van der Waals surface area contributed by atoms with Crippen molar-refractivity contribution in [1.82, 2.24) is 9.88 Å². The molecule has 0 bridgehead atoms. The number of nitrogens with two attached hydrogens (primary N) is 1. The van der Waals surface area contributed by atoms with Gasteiger partial charge in [-0.05, 0) is 31.5 Å². The lowest BCUT2D eigenvalue weighted by Gasteiger charge is -2.29. The third kappa shape index (κ3) is 2.87. The second-order valence-corrected chi connectivity index (χ2v) is 4.28. The second-order valence-electron chi connectivity index (χ2n) is 4.28. The van der Waals surface area contributed by atoms with Gasteiger partial charge >= 0.3 is 0 Å². The minimum atomic E-state index is 0.0784. The molecule has 0 saturated carbocycles. The smallest absolute Gasteiger partial charge is 0.195 e. The lowest BCUT2D eigenvalue weighted by atomic mass is 10.1. The van der Waals surface area contributed by atoms with Gasteiger partial charge in [0.2, 0.25) is 0 Å². The molecular weight excluding hydrogens is 202 g/mol. The minimum Gasteiger partial charge on any atom is -0.327 e. The van der Waals surface area contributed by atoms with Crippen molar-refractivity contribution >= 4 is 5.78 Å². The maximum Gasteiger partial charge on any atom is 0.195 e. The molecular formula is C12H17N3O. The topological polar surface area (TPSA) is 59.2 Å². The van der Waals surface area contributed by atoms with Crippen LogP contribution in [0.3, 0.4) is 0 Å². The third-order valence-corrected chi connectivity index (χ3v) is 2.86. The van der Waals surface area contributed by atoms with Crippen molar-refractivity contribution < 1.29 is 4.79 Å². The third-order valence-electron chi connectivity index (χ3n) is 2.86. The molecule has 2 rings (SSSR count). The van der Waals surface area contributed by atoms with Gasteiger partial charge < -0.3 is 5.73 Å². The zero-order valence-corrected chi connectivity index (χ0v) is 9.30. The highest BCUT2D eigenvalue weighted by Gasteiger charge is 2.19. The van der Waals surface area contributed by atoms with Gasteiger partial charge in [0.25, 0.3) is 0 Å². The van der Waals surface area contributed by atoms with Crippen LogP contribution in [0, 0.1) is 0 Å². The molecule has 2 heterocycles. The molecule has 16 heavy (non-hydrogen) atoms. The van der Waals surface area contributed by atoms with Crippen molar-refractivity contribution in [2.45, 2.75) is 18.9 Å². The molecule has 0 aliphatic carbocycles. The number of rotatable bonds is 3. The molecule has 1 aliphatic heterocycles. The van der Waals surface area contributed by atoms with Gasteiger partial charge in [0, 0.05) is 18.8 Å². The molecule has 4 nitrogen and oxygen atoms in total. The molecule has 2 N–H and O–H groups in total. The van der Waals surface area contributed by atoms with Crippen LogP contribution < -0.4 is 5.73 Å². The van der Waals surface area contributed by atoms with E-state index in [2.05, 4.69) is 9.88 Å². The average molecular weight is 219 g/mol. The molecule has 1 saturated heterocycles. The lowest BCUT2D eigenvalue weighted by molar-refractivity contribution is 0.0903. The van der Waals surface area contributed by atoms with E-state index in [9.17, 15) is 4.79 Å². The monoisotopic (exact) mass is 219 g/mol. The summed E-state index contributed by atoms with van der Waals surface area (Å²) < 4.78 is 0. The molecule has 1 aliphatic rings. The average Bonchev–Trinajstić information content (AvgIpc) is 2.30. The Hall–Kier alpha value is -1.26. The van der Waals surface area contributed by atoms with Crippen molar-refractivity contribution in [3.05, 3.63) is 30.1 Å². The van der Waals surface area contributed by atoms with E-state index in [0.717, 1.165) is 25.9 Å². The van der Waals surface area contributed by atoms with Gasteiger partial charge in [0.05, 0.1) is 6.54 Å². The summed E-state index contributed by atoms with van der Waals surface area (Å²) in [5.41, 5.74) is 6.41. The number of hydrogen-bond acceptors (Lipinski definition) is 4. The fourth-order valence-corrected chi connectivity index (χ4v) is 2.05. The summed E-state index contributed by atoms with van der Waals surface area (Å²) in [7, 11) is 0. The molecule has 1 unspecified atom stereocenters. The fourth-order valence-electron chi connectivity index (χ4n) is 2.05. The van der Waals surface area contributed by atoms with Crippen molar-refractivity contribution in [3.63, 3.8) is 0 Å². The predicted molar refractivity (Wildman–Crippen MR) is 62.2 cm³/mol. The second kappa shape index (κ2) is 5.18. The first-order valence-electron chi connectivity index (χ1n) is 5.68. The van der Waals surface area contributed by atoms with Gasteiger partial charge in [-0.15, -0.1) is 0 Å². The highest BCUT2D eigenvalue weighted by Crippen LogP contribution is 2.08. The highest BCUT2D eigenvalue weighted by atomic mass is 16.1. The van der Waals surface area contributed by atoms with E-state index in [1.807, 2.05) is 12.1 Å². The van der Waals surface area contributed by atoms with E-state index in [1.54, 1.807) is 12.3 Å². The SMILES string of the molecule is NC1CCCN(CC(=O)c2ccccn2)C1. The molecule has 0 radical (unpaired) electrons. The van der Waals surface area contributed by atoms with Crippen LogP contribution in [0.15, 0.2) is 24.4 Å². The van der Waals surface area contributed by atoms with Crippen molar-refractivity contribution in [2.24, 2.45) is 5.73 Å². The summed E-state index contributed by atoms with van der Waals surface area (Å²) >= 11 is 0. The number of pyridine rings is 1. The van der Waals surface area contributed by atoms with Gasteiger partial charge in [-0.25, -0.2) is 0 Å². The summed E-state index contributed by atoms with van der Waals surface area (Å²) in [4.78, 5) is 18.0. The Labute approximate surface area is 95.5 Å². The molecule has 1 atom stereocenters. The first-order chi connectivity index (χ1) is 7.75. The van der Waals surface area contributed by atoms with Crippen LogP contribution in [-0.4, -0.2) is 41.3 Å². The standard InChI is InChI=1S/C12H17N3O/c13-10-4-3-7-15(8-10)9-12(16)11-5-1-2-6-14-11/h1-2,5-6,10H,3-4,7-9,13H2. The minimum absolute atomic E-state index is 0.0784. The summed E-state index contributed by atoms with van der Waals surface area (Å²) in [6, 6.07) is 5.62. The van der Waals surface area contributed by atoms with Crippen LogP contribution in [0.1, 0.15) is 23.3 Å². The Bertz CT molecular complexity index is 353. The Morgan fingerprint density at radius 2 is 2.44 bits per heavy atom. The van der Waals surface area contributed by atoms with E-state index < -0.39 is 0 Å².